The maximum atomic E-state index is 13.5. The zero-order valence-electron chi connectivity index (χ0n) is 18.9. The number of benzene rings is 1. The second-order valence-corrected chi connectivity index (χ2v) is 8.10. The number of carbonyl (C=O) groups excluding carboxylic acids is 1. The Balaban J connectivity index is 2.18. The Hall–Kier alpha value is -1.73. The summed E-state index contributed by atoms with van der Waals surface area (Å²) in [4.78, 5) is 17.9. The van der Waals surface area contributed by atoms with Crippen LogP contribution in [0.25, 0.3) is 0 Å². The molecule has 2 rings (SSSR count). The van der Waals surface area contributed by atoms with E-state index in [1.54, 1.807) is 14.2 Å². The number of hydrogen-bond acceptors (Lipinski definition) is 5. The highest BCUT2D eigenvalue weighted by molar-refractivity contribution is 6.04. The lowest BCUT2D eigenvalue weighted by molar-refractivity contribution is 0.0477. The molecule has 1 aliphatic heterocycles. The third kappa shape index (κ3) is 6.13. The van der Waals surface area contributed by atoms with Crippen molar-refractivity contribution in [3.8, 4) is 11.5 Å². The lowest BCUT2D eigenvalue weighted by atomic mass is 9.91. The highest BCUT2D eigenvalue weighted by Crippen LogP contribution is 2.30. The lowest BCUT2D eigenvalue weighted by Gasteiger charge is -2.44. The summed E-state index contributed by atoms with van der Waals surface area (Å²) in [5.74, 6) is 1.29. The third-order valence-electron chi connectivity index (χ3n) is 5.77. The van der Waals surface area contributed by atoms with Gasteiger partial charge in [-0.15, -0.1) is 0 Å². The monoisotopic (exact) mass is 404 g/mol. The van der Waals surface area contributed by atoms with Crippen LogP contribution in [0.5, 0.6) is 11.5 Å². The minimum Gasteiger partial charge on any atom is -0.493 e. The van der Waals surface area contributed by atoms with Gasteiger partial charge in [-0.25, -0.2) is 0 Å². The minimum atomic E-state index is 0.0535. The SMILES string of the molecule is BN1CC(N(C(=O)c2ccc(OC)c(OCCCOC)c2)C(C)C)CCC1CC. The molecule has 1 aromatic carbocycles. The highest BCUT2D eigenvalue weighted by Gasteiger charge is 2.33. The van der Waals surface area contributed by atoms with Crippen LogP contribution < -0.4 is 9.47 Å². The summed E-state index contributed by atoms with van der Waals surface area (Å²) < 4.78 is 16.4. The smallest absolute Gasteiger partial charge is 0.254 e. The molecule has 1 fully saturated rings. The van der Waals surface area contributed by atoms with Crippen molar-refractivity contribution >= 4 is 13.9 Å². The molecule has 0 aliphatic carbocycles. The Kier molecular flexibility index (Phi) is 9.31. The van der Waals surface area contributed by atoms with Crippen LogP contribution in [-0.2, 0) is 4.74 Å². The van der Waals surface area contributed by atoms with E-state index in [9.17, 15) is 4.79 Å². The van der Waals surface area contributed by atoms with Gasteiger partial charge in [0.2, 0.25) is 0 Å². The Morgan fingerprint density at radius 1 is 1.24 bits per heavy atom. The van der Waals surface area contributed by atoms with Crippen molar-refractivity contribution in [1.82, 2.24) is 9.71 Å². The van der Waals surface area contributed by atoms with Gasteiger partial charge in [-0.2, -0.15) is 0 Å². The summed E-state index contributed by atoms with van der Waals surface area (Å²) in [5, 5.41) is 0. The van der Waals surface area contributed by atoms with E-state index in [4.69, 9.17) is 14.2 Å². The molecular formula is C22H37BN2O4. The van der Waals surface area contributed by atoms with Gasteiger partial charge in [0.15, 0.2) is 19.5 Å². The number of rotatable bonds is 10. The van der Waals surface area contributed by atoms with Crippen LogP contribution in [0.3, 0.4) is 0 Å². The molecule has 0 spiro atoms. The first-order valence-electron chi connectivity index (χ1n) is 10.8. The molecular weight excluding hydrogens is 367 g/mol. The summed E-state index contributed by atoms with van der Waals surface area (Å²) in [7, 11) is 5.45. The first kappa shape index (κ1) is 23.6. The number of piperidine rings is 1. The van der Waals surface area contributed by atoms with Crippen LogP contribution in [-0.4, -0.2) is 75.7 Å². The molecule has 7 heteroatoms. The molecule has 0 aromatic heterocycles. The summed E-state index contributed by atoms with van der Waals surface area (Å²) in [6.07, 6.45) is 4.11. The minimum absolute atomic E-state index is 0.0535. The van der Waals surface area contributed by atoms with Crippen LogP contribution in [0.15, 0.2) is 18.2 Å². The van der Waals surface area contributed by atoms with Crippen LogP contribution >= 0.6 is 0 Å². The van der Waals surface area contributed by atoms with E-state index in [0.29, 0.717) is 36.3 Å². The number of ether oxygens (including phenoxy) is 3. The Morgan fingerprint density at radius 2 is 2.00 bits per heavy atom. The topological polar surface area (TPSA) is 51.2 Å². The van der Waals surface area contributed by atoms with Gasteiger partial charge in [0.1, 0.15) is 0 Å². The third-order valence-corrected chi connectivity index (χ3v) is 5.77. The summed E-state index contributed by atoms with van der Waals surface area (Å²) >= 11 is 0. The van der Waals surface area contributed by atoms with Crippen molar-refractivity contribution in [3.63, 3.8) is 0 Å². The molecule has 0 N–H and O–H groups in total. The van der Waals surface area contributed by atoms with Crippen molar-refractivity contribution in [2.75, 3.05) is 34.0 Å². The predicted molar refractivity (Wildman–Crippen MR) is 119 cm³/mol. The molecule has 6 nitrogen and oxygen atoms in total. The zero-order valence-corrected chi connectivity index (χ0v) is 18.9. The molecule has 1 saturated heterocycles. The van der Waals surface area contributed by atoms with E-state index < -0.39 is 0 Å². The van der Waals surface area contributed by atoms with Gasteiger partial charge in [0.05, 0.1) is 13.7 Å². The second kappa shape index (κ2) is 11.5. The number of nitrogens with zero attached hydrogens (tertiary/aromatic N) is 2. The fourth-order valence-electron chi connectivity index (χ4n) is 4.20. The average Bonchev–Trinajstić information content (AvgIpc) is 2.71. The molecule has 0 bridgehead atoms. The van der Waals surface area contributed by atoms with E-state index in [2.05, 4.69) is 33.6 Å². The van der Waals surface area contributed by atoms with Crippen LogP contribution in [0.4, 0.5) is 0 Å². The van der Waals surface area contributed by atoms with E-state index >= 15 is 0 Å². The molecule has 29 heavy (non-hydrogen) atoms. The molecule has 162 valence electrons. The maximum Gasteiger partial charge on any atom is 0.254 e. The fraction of sp³-hybridized carbons (Fsp3) is 0.682. The fourth-order valence-corrected chi connectivity index (χ4v) is 4.20. The van der Waals surface area contributed by atoms with Crippen molar-refractivity contribution in [2.45, 2.75) is 64.6 Å². The second-order valence-electron chi connectivity index (χ2n) is 8.10. The number of methoxy groups -OCH3 is 2. The van der Waals surface area contributed by atoms with Crippen molar-refractivity contribution in [3.05, 3.63) is 23.8 Å². The molecule has 0 saturated carbocycles. The van der Waals surface area contributed by atoms with Crippen LogP contribution in [0.2, 0.25) is 0 Å². The molecule has 1 heterocycles. The Bertz CT molecular complexity index is 656. The van der Waals surface area contributed by atoms with Gasteiger partial charge in [0.25, 0.3) is 5.91 Å². The molecule has 1 aromatic rings. The van der Waals surface area contributed by atoms with Crippen LogP contribution in [0.1, 0.15) is 56.8 Å². The molecule has 2 unspecified atom stereocenters. The number of amides is 1. The largest absolute Gasteiger partial charge is 0.493 e. The Morgan fingerprint density at radius 3 is 2.59 bits per heavy atom. The Labute approximate surface area is 176 Å². The predicted octanol–water partition coefficient (Wildman–Crippen LogP) is 2.75. The summed E-state index contributed by atoms with van der Waals surface area (Å²) in [5.41, 5.74) is 0.640. The lowest BCUT2D eigenvalue weighted by Crippen LogP contribution is -2.54. The van der Waals surface area contributed by atoms with Gasteiger partial charge in [-0.3, -0.25) is 4.79 Å². The molecule has 2 atom stereocenters. The van der Waals surface area contributed by atoms with E-state index in [1.165, 1.54) is 0 Å². The van der Waals surface area contributed by atoms with E-state index in [-0.39, 0.29) is 18.0 Å². The quantitative estimate of drug-likeness (QED) is 0.444. The first-order valence-corrected chi connectivity index (χ1v) is 10.8. The molecule has 1 aliphatic rings. The van der Waals surface area contributed by atoms with E-state index in [0.717, 1.165) is 32.2 Å². The van der Waals surface area contributed by atoms with Crippen molar-refractivity contribution in [2.24, 2.45) is 0 Å². The summed E-state index contributed by atoms with van der Waals surface area (Å²) in [6, 6.07) is 6.43. The summed E-state index contributed by atoms with van der Waals surface area (Å²) in [6.45, 7) is 8.49. The van der Waals surface area contributed by atoms with E-state index in [1.807, 2.05) is 23.1 Å². The number of hydrogen-bond donors (Lipinski definition) is 0. The van der Waals surface area contributed by atoms with Gasteiger partial charge >= 0.3 is 0 Å². The molecule has 1 amide bonds. The normalized spacial score (nSPS) is 19.9. The van der Waals surface area contributed by atoms with Gasteiger partial charge in [-0.05, 0) is 57.4 Å². The van der Waals surface area contributed by atoms with Crippen LogP contribution in [0, 0.1) is 0 Å². The van der Waals surface area contributed by atoms with Crippen molar-refractivity contribution in [1.29, 1.82) is 0 Å². The standard InChI is InChI=1S/C22H37BN2O4/c1-6-18-9-10-19(15-24(18)23)25(16(2)3)22(26)17-8-11-20(28-5)21(14-17)29-13-7-12-27-4/h8,11,14,16,18-19H,6-7,9-10,12-13,15,23H2,1-5H3. The van der Waals surface area contributed by atoms with Gasteiger partial charge in [-0.1, -0.05) is 6.92 Å². The molecule has 0 radical (unpaired) electrons. The number of carbonyl (C=O) groups is 1. The van der Waals surface area contributed by atoms with Gasteiger partial charge in [0, 0.05) is 44.3 Å². The van der Waals surface area contributed by atoms with Gasteiger partial charge < -0.3 is 23.9 Å². The average molecular weight is 404 g/mol. The highest BCUT2D eigenvalue weighted by atomic mass is 16.5. The zero-order chi connectivity index (χ0) is 21.4. The van der Waals surface area contributed by atoms with Crippen molar-refractivity contribution < 1.29 is 19.0 Å². The first-order chi connectivity index (χ1) is 13.9. The maximum absolute atomic E-state index is 13.5.